The molecule has 1 amide bonds. The minimum absolute atomic E-state index is 0. The molecule has 0 aliphatic carbocycles. The Bertz CT molecular complexity index is 559. The van der Waals surface area contributed by atoms with Gasteiger partial charge in [-0.05, 0) is 37.9 Å². The zero-order valence-electron chi connectivity index (χ0n) is 15.1. The third-order valence-electron chi connectivity index (χ3n) is 5.22. The highest BCUT2D eigenvalue weighted by Crippen LogP contribution is 2.25. The first kappa shape index (κ1) is 20.0. The Balaban J connectivity index is 0.00000225. The van der Waals surface area contributed by atoms with Gasteiger partial charge < -0.3 is 19.7 Å². The molecule has 5 nitrogen and oxygen atoms in total. The number of hydrogen-bond acceptors (Lipinski definition) is 4. The Morgan fingerprint density at radius 3 is 2.76 bits per heavy atom. The van der Waals surface area contributed by atoms with E-state index in [1.807, 2.05) is 29.2 Å². The first-order valence-electron chi connectivity index (χ1n) is 8.92. The zero-order chi connectivity index (χ0) is 16.9. The fourth-order valence-corrected chi connectivity index (χ4v) is 3.46. The maximum absolute atomic E-state index is 13.1. The number of halogens is 1. The van der Waals surface area contributed by atoms with Gasteiger partial charge in [-0.25, -0.2) is 0 Å². The Morgan fingerprint density at radius 1 is 1.40 bits per heavy atom. The van der Waals surface area contributed by atoms with Crippen LogP contribution in [-0.2, 0) is 16.1 Å². The van der Waals surface area contributed by atoms with Gasteiger partial charge in [-0.2, -0.15) is 0 Å². The molecule has 2 saturated heterocycles. The van der Waals surface area contributed by atoms with Crippen molar-refractivity contribution in [2.75, 3.05) is 33.4 Å². The van der Waals surface area contributed by atoms with Gasteiger partial charge in [0, 0.05) is 31.2 Å². The van der Waals surface area contributed by atoms with Crippen LogP contribution < -0.4 is 10.1 Å². The van der Waals surface area contributed by atoms with E-state index in [0.717, 1.165) is 43.9 Å². The summed E-state index contributed by atoms with van der Waals surface area (Å²) in [5, 5.41) is 3.26. The lowest BCUT2D eigenvalue weighted by molar-refractivity contribution is -0.139. The third kappa shape index (κ3) is 4.87. The number of methoxy groups -OCH3 is 1. The van der Waals surface area contributed by atoms with E-state index in [4.69, 9.17) is 9.47 Å². The van der Waals surface area contributed by atoms with E-state index in [1.54, 1.807) is 7.11 Å². The summed E-state index contributed by atoms with van der Waals surface area (Å²) < 4.78 is 11.2. The zero-order valence-corrected chi connectivity index (χ0v) is 15.9. The first-order chi connectivity index (χ1) is 11.7. The summed E-state index contributed by atoms with van der Waals surface area (Å²) in [4.78, 5) is 15.0. The normalized spacial score (nSPS) is 21.1. The molecule has 0 bridgehead atoms. The number of carbonyl (C=O) groups is 1. The number of benzene rings is 1. The standard InChI is InChI=1S/C19H28N2O3.ClH/c1-14(16-10-20-11-16)19(22)21(13-17-7-5-9-24-17)12-15-6-3-4-8-18(15)23-2;/h3-4,6,8,14,16-17,20H,5,7,9-13H2,1-2H3;1H. The fraction of sp³-hybridized carbons (Fsp3) is 0.632. The summed E-state index contributed by atoms with van der Waals surface area (Å²) in [7, 11) is 1.67. The molecule has 25 heavy (non-hydrogen) atoms. The summed E-state index contributed by atoms with van der Waals surface area (Å²) in [6.45, 7) is 5.99. The summed E-state index contributed by atoms with van der Waals surface area (Å²) >= 11 is 0. The van der Waals surface area contributed by atoms with Gasteiger partial charge in [0.05, 0.1) is 13.2 Å². The van der Waals surface area contributed by atoms with Crippen molar-refractivity contribution in [2.24, 2.45) is 11.8 Å². The average Bonchev–Trinajstić information content (AvgIpc) is 3.05. The molecule has 0 aromatic heterocycles. The fourth-order valence-electron chi connectivity index (χ4n) is 3.46. The molecule has 1 aromatic carbocycles. The third-order valence-corrected chi connectivity index (χ3v) is 5.22. The van der Waals surface area contributed by atoms with Crippen LogP contribution in [0.25, 0.3) is 0 Å². The Hall–Kier alpha value is -1.30. The summed E-state index contributed by atoms with van der Waals surface area (Å²) in [6, 6.07) is 7.93. The van der Waals surface area contributed by atoms with E-state index in [0.29, 0.717) is 19.0 Å². The van der Waals surface area contributed by atoms with Crippen molar-refractivity contribution in [3.05, 3.63) is 29.8 Å². The van der Waals surface area contributed by atoms with Crippen molar-refractivity contribution < 1.29 is 14.3 Å². The maximum Gasteiger partial charge on any atom is 0.226 e. The van der Waals surface area contributed by atoms with E-state index in [-0.39, 0.29) is 30.3 Å². The summed E-state index contributed by atoms with van der Waals surface area (Å²) in [6.07, 6.45) is 2.29. The largest absolute Gasteiger partial charge is 0.496 e. The smallest absolute Gasteiger partial charge is 0.226 e. The number of amides is 1. The van der Waals surface area contributed by atoms with Crippen LogP contribution in [0.4, 0.5) is 0 Å². The van der Waals surface area contributed by atoms with Gasteiger partial charge in [-0.15, -0.1) is 12.4 Å². The number of ether oxygens (including phenoxy) is 2. The second kappa shape index (κ2) is 9.41. The number of rotatable bonds is 7. The SMILES string of the molecule is COc1ccccc1CN(CC1CCCO1)C(=O)C(C)C1CNC1.Cl. The van der Waals surface area contributed by atoms with Gasteiger partial charge >= 0.3 is 0 Å². The molecule has 2 aliphatic heterocycles. The Morgan fingerprint density at radius 2 is 2.16 bits per heavy atom. The molecule has 0 spiro atoms. The van der Waals surface area contributed by atoms with Crippen LogP contribution in [0.15, 0.2) is 24.3 Å². The molecule has 2 aliphatic rings. The van der Waals surface area contributed by atoms with Crippen molar-refractivity contribution >= 4 is 18.3 Å². The molecule has 6 heteroatoms. The highest BCUT2D eigenvalue weighted by atomic mass is 35.5. The van der Waals surface area contributed by atoms with Gasteiger partial charge in [-0.1, -0.05) is 25.1 Å². The molecule has 2 heterocycles. The average molecular weight is 369 g/mol. The number of carbonyl (C=O) groups excluding carboxylic acids is 1. The lowest BCUT2D eigenvalue weighted by atomic mass is 9.87. The molecule has 0 radical (unpaired) electrons. The van der Waals surface area contributed by atoms with Crippen molar-refractivity contribution in [1.29, 1.82) is 0 Å². The Kier molecular flexibility index (Phi) is 7.54. The van der Waals surface area contributed by atoms with Crippen LogP contribution in [0.2, 0.25) is 0 Å². The number of para-hydroxylation sites is 1. The molecular weight excluding hydrogens is 340 g/mol. The van der Waals surface area contributed by atoms with Gasteiger partial charge in [0.15, 0.2) is 0 Å². The molecule has 0 saturated carbocycles. The summed E-state index contributed by atoms with van der Waals surface area (Å²) in [5.74, 6) is 1.55. The molecule has 1 N–H and O–H groups in total. The second-order valence-corrected chi connectivity index (χ2v) is 6.87. The highest BCUT2D eigenvalue weighted by Gasteiger charge is 2.33. The maximum atomic E-state index is 13.1. The summed E-state index contributed by atoms with van der Waals surface area (Å²) in [5.41, 5.74) is 1.05. The van der Waals surface area contributed by atoms with Crippen molar-refractivity contribution in [2.45, 2.75) is 32.4 Å². The van der Waals surface area contributed by atoms with E-state index in [9.17, 15) is 4.79 Å². The van der Waals surface area contributed by atoms with Crippen molar-refractivity contribution in [1.82, 2.24) is 10.2 Å². The van der Waals surface area contributed by atoms with E-state index < -0.39 is 0 Å². The van der Waals surface area contributed by atoms with Gasteiger partial charge in [0.2, 0.25) is 5.91 Å². The lowest BCUT2D eigenvalue weighted by Crippen LogP contribution is -2.51. The molecule has 1 aromatic rings. The van der Waals surface area contributed by atoms with Crippen LogP contribution in [-0.4, -0.2) is 50.3 Å². The van der Waals surface area contributed by atoms with E-state index in [2.05, 4.69) is 12.2 Å². The molecule has 2 atom stereocenters. The highest BCUT2D eigenvalue weighted by molar-refractivity contribution is 5.85. The Labute approximate surface area is 156 Å². The molecule has 2 fully saturated rings. The number of nitrogens with zero attached hydrogens (tertiary/aromatic N) is 1. The van der Waals surface area contributed by atoms with Gasteiger partial charge in [0.25, 0.3) is 0 Å². The lowest BCUT2D eigenvalue weighted by Gasteiger charge is -2.36. The van der Waals surface area contributed by atoms with E-state index >= 15 is 0 Å². The molecule has 2 unspecified atom stereocenters. The first-order valence-corrected chi connectivity index (χ1v) is 8.92. The van der Waals surface area contributed by atoms with Crippen LogP contribution in [0.5, 0.6) is 5.75 Å². The molecular formula is C19H29ClN2O3. The minimum atomic E-state index is 0. The van der Waals surface area contributed by atoms with E-state index in [1.165, 1.54) is 0 Å². The van der Waals surface area contributed by atoms with Crippen molar-refractivity contribution in [3.63, 3.8) is 0 Å². The molecule has 140 valence electrons. The predicted octanol–water partition coefficient (Wildman–Crippen LogP) is 2.48. The van der Waals surface area contributed by atoms with Gasteiger partial charge in [-0.3, -0.25) is 4.79 Å². The predicted molar refractivity (Wildman–Crippen MR) is 100 cm³/mol. The van der Waals surface area contributed by atoms with Crippen LogP contribution in [0, 0.1) is 11.8 Å². The van der Waals surface area contributed by atoms with Crippen LogP contribution in [0.3, 0.4) is 0 Å². The number of nitrogens with one attached hydrogen (secondary N) is 1. The van der Waals surface area contributed by atoms with Crippen LogP contribution in [0.1, 0.15) is 25.3 Å². The monoisotopic (exact) mass is 368 g/mol. The second-order valence-electron chi connectivity index (χ2n) is 6.87. The van der Waals surface area contributed by atoms with Crippen molar-refractivity contribution in [3.8, 4) is 5.75 Å². The van der Waals surface area contributed by atoms with Gasteiger partial charge in [0.1, 0.15) is 5.75 Å². The quantitative estimate of drug-likeness (QED) is 0.803. The minimum Gasteiger partial charge on any atom is -0.496 e. The number of hydrogen-bond donors (Lipinski definition) is 1. The molecule has 3 rings (SSSR count). The van der Waals surface area contributed by atoms with Crippen LogP contribution >= 0.6 is 12.4 Å². The topological polar surface area (TPSA) is 50.8 Å².